The van der Waals surface area contributed by atoms with Crippen LogP contribution in [0.25, 0.3) is 0 Å². The molecular weight excluding hydrogens is 344 g/mol. The van der Waals surface area contributed by atoms with Crippen LogP contribution < -0.4 is 4.74 Å². The fourth-order valence-corrected chi connectivity index (χ4v) is 3.48. The van der Waals surface area contributed by atoms with Crippen LogP contribution in [0.1, 0.15) is 63.2 Å². The summed E-state index contributed by atoms with van der Waals surface area (Å²) in [5.74, 6) is 0.800. The summed E-state index contributed by atoms with van der Waals surface area (Å²) >= 11 is 0. The minimum absolute atomic E-state index is 0.0629. The highest BCUT2D eigenvalue weighted by Crippen LogP contribution is 2.36. The third-order valence-corrected chi connectivity index (χ3v) is 9.86. The fraction of sp³-hybridized carbons (Fsp3) is 0.667. The number of benzene rings is 1. The molecule has 0 aliphatic carbocycles. The van der Waals surface area contributed by atoms with Crippen molar-refractivity contribution < 1.29 is 19.1 Å². The largest absolute Gasteiger partial charge is 0.497 e. The van der Waals surface area contributed by atoms with Crippen molar-refractivity contribution in [1.82, 2.24) is 0 Å². The molecule has 0 aromatic heterocycles. The Hall–Kier alpha value is -1.17. The Morgan fingerprint density at radius 2 is 1.73 bits per heavy atom. The Bertz CT molecular complexity index is 546. The van der Waals surface area contributed by atoms with Gasteiger partial charge in [0.25, 0.3) is 0 Å². The Balaban J connectivity index is 2.22. The average Bonchev–Trinajstić information content (AvgIpc) is 2.58. The Labute approximate surface area is 160 Å². The third kappa shape index (κ3) is 7.60. The van der Waals surface area contributed by atoms with E-state index in [4.69, 9.17) is 9.16 Å². The molecular formula is C21H36O4Si. The van der Waals surface area contributed by atoms with Crippen molar-refractivity contribution in [2.75, 3.05) is 13.7 Å². The predicted octanol–water partition coefficient (Wildman–Crippen LogP) is 5.21. The van der Waals surface area contributed by atoms with E-state index < -0.39 is 14.4 Å². The van der Waals surface area contributed by atoms with Crippen LogP contribution in [-0.4, -0.2) is 39.0 Å². The highest BCUT2D eigenvalue weighted by molar-refractivity contribution is 6.74. The van der Waals surface area contributed by atoms with Gasteiger partial charge in [-0.15, -0.1) is 0 Å². The molecule has 0 amide bonds. The summed E-state index contributed by atoms with van der Waals surface area (Å²) in [5.41, 5.74) is 0.667. The van der Waals surface area contributed by atoms with Gasteiger partial charge in [-0.1, -0.05) is 20.8 Å². The molecule has 0 fully saturated rings. The van der Waals surface area contributed by atoms with Gasteiger partial charge in [0.1, 0.15) is 5.75 Å². The Morgan fingerprint density at radius 3 is 2.27 bits per heavy atom. The van der Waals surface area contributed by atoms with E-state index in [9.17, 15) is 9.90 Å². The monoisotopic (exact) mass is 380 g/mol. The molecule has 0 aliphatic rings. The van der Waals surface area contributed by atoms with Crippen LogP contribution in [0, 0.1) is 0 Å². The topological polar surface area (TPSA) is 55.8 Å². The zero-order valence-electron chi connectivity index (χ0n) is 17.3. The summed E-state index contributed by atoms with van der Waals surface area (Å²) in [4.78, 5) is 12.2. The van der Waals surface area contributed by atoms with Crippen molar-refractivity contribution in [2.24, 2.45) is 0 Å². The third-order valence-electron chi connectivity index (χ3n) is 5.32. The first-order chi connectivity index (χ1) is 12.1. The van der Waals surface area contributed by atoms with E-state index in [0.717, 1.165) is 31.6 Å². The lowest BCUT2D eigenvalue weighted by Crippen LogP contribution is -2.40. The lowest BCUT2D eigenvalue weighted by atomic mass is 10.0. The van der Waals surface area contributed by atoms with Crippen LogP contribution in [0.15, 0.2) is 24.3 Å². The number of hydrogen-bond donors (Lipinski definition) is 1. The number of aliphatic hydroxyl groups is 1. The fourth-order valence-electron chi connectivity index (χ4n) is 2.39. The number of carbonyl (C=O) groups is 1. The molecule has 1 N–H and O–H groups in total. The van der Waals surface area contributed by atoms with Crippen LogP contribution in [0.4, 0.5) is 0 Å². The lowest BCUT2D eigenvalue weighted by Gasteiger charge is -2.36. The van der Waals surface area contributed by atoms with Crippen molar-refractivity contribution >= 4 is 14.1 Å². The molecule has 0 saturated carbocycles. The average molecular weight is 381 g/mol. The molecule has 0 aliphatic heterocycles. The number of carbonyl (C=O) groups excluding carboxylic acids is 1. The second-order valence-corrected chi connectivity index (χ2v) is 13.3. The Kier molecular flexibility index (Phi) is 9.00. The van der Waals surface area contributed by atoms with Gasteiger partial charge in [0, 0.05) is 18.6 Å². The standard InChI is InChI=1S/C21H36O4Si/c1-21(2,3)26(5,6)25-16-8-7-9-18(22)12-15-20(23)17-10-13-19(24-4)14-11-17/h10-11,13-14,18,22H,7-9,12,15-16H2,1-6H3/t18-/m1/s1. The molecule has 0 heterocycles. The first-order valence-corrected chi connectivity index (χ1v) is 12.5. The van der Waals surface area contributed by atoms with Crippen LogP contribution in [0.5, 0.6) is 5.75 Å². The van der Waals surface area contributed by atoms with E-state index >= 15 is 0 Å². The van der Waals surface area contributed by atoms with Gasteiger partial charge in [-0.05, 0) is 68.1 Å². The number of ether oxygens (including phenoxy) is 1. The van der Waals surface area contributed by atoms with Gasteiger partial charge in [0.15, 0.2) is 14.1 Å². The molecule has 0 bridgehead atoms. The van der Waals surface area contributed by atoms with Gasteiger partial charge in [-0.3, -0.25) is 4.79 Å². The second-order valence-electron chi connectivity index (χ2n) is 8.45. The molecule has 1 aromatic carbocycles. The van der Waals surface area contributed by atoms with E-state index in [1.165, 1.54) is 0 Å². The molecule has 0 saturated heterocycles. The number of unbranched alkanes of at least 4 members (excludes halogenated alkanes) is 1. The number of rotatable bonds is 11. The first kappa shape index (κ1) is 22.9. The second kappa shape index (κ2) is 10.2. The van der Waals surface area contributed by atoms with E-state index in [1.807, 2.05) is 0 Å². The molecule has 148 valence electrons. The number of ketones is 1. The minimum atomic E-state index is -1.67. The molecule has 5 heteroatoms. The van der Waals surface area contributed by atoms with Gasteiger partial charge in [0.2, 0.25) is 0 Å². The Morgan fingerprint density at radius 1 is 1.12 bits per heavy atom. The van der Waals surface area contributed by atoms with Crippen LogP contribution in [0.3, 0.4) is 0 Å². The molecule has 0 spiro atoms. The highest BCUT2D eigenvalue weighted by atomic mass is 28.4. The van der Waals surface area contributed by atoms with Crippen molar-refractivity contribution in [2.45, 2.75) is 77.1 Å². The van der Waals surface area contributed by atoms with Gasteiger partial charge >= 0.3 is 0 Å². The van der Waals surface area contributed by atoms with Crippen LogP contribution in [-0.2, 0) is 4.43 Å². The van der Waals surface area contributed by atoms with E-state index in [1.54, 1.807) is 31.4 Å². The zero-order valence-corrected chi connectivity index (χ0v) is 18.3. The number of Topliss-reactive ketones (excluding diaryl/α,β-unsaturated/α-hetero) is 1. The highest BCUT2D eigenvalue weighted by Gasteiger charge is 2.36. The van der Waals surface area contributed by atoms with Crippen LogP contribution in [0.2, 0.25) is 18.1 Å². The normalized spacial score (nSPS) is 13.5. The zero-order chi connectivity index (χ0) is 19.8. The molecule has 26 heavy (non-hydrogen) atoms. The van der Waals surface area contributed by atoms with Crippen molar-refractivity contribution in [1.29, 1.82) is 0 Å². The van der Waals surface area contributed by atoms with E-state index in [0.29, 0.717) is 18.4 Å². The quantitative estimate of drug-likeness (QED) is 0.325. The maximum Gasteiger partial charge on any atom is 0.191 e. The first-order valence-electron chi connectivity index (χ1n) is 9.56. The molecule has 0 unspecified atom stereocenters. The summed E-state index contributed by atoms with van der Waals surface area (Å²) in [6, 6.07) is 7.11. The number of hydrogen-bond acceptors (Lipinski definition) is 4. The molecule has 4 nitrogen and oxygen atoms in total. The summed E-state index contributed by atoms with van der Waals surface area (Å²) < 4.78 is 11.2. The van der Waals surface area contributed by atoms with Gasteiger partial charge in [-0.25, -0.2) is 0 Å². The summed E-state index contributed by atoms with van der Waals surface area (Å²) in [6.07, 6.45) is 3.05. The maximum atomic E-state index is 12.2. The number of aliphatic hydroxyl groups excluding tert-OH is 1. The van der Waals surface area contributed by atoms with Gasteiger partial charge in [-0.2, -0.15) is 0 Å². The van der Waals surface area contributed by atoms with E-state index in [-0.39, 0.29) is 10.8 Å². The minimum Gasteiger partial charge on any atom is -0.497 e. The smallest absolute Gasteiger partial charge is 0.191 e. The van der Waals surface area contributed by atoms with Crippen LogP contribution >= 0.6 is 0 Å². The molecule has 1 rings (SSSR count). The van der Waals surface area contributed by atoms with Crippen molar-refractivity contribution in [3.8, 4) is 5.75 Å². The predicted molar refractivity (Wildman–Crippen MR) is 110 cm³/mol. The van der Waals surface area contributed by atoms with Gasteiger partial charge in [0.05, 0.1) is 13.2 Å². The lowest BCUT2D eigenvalue weighted by molar-refractivity contribution is 0.0929. The maximum absolute atomic E-state index is 12.2. The van der Waals surface area contributed by atoms with Crippen molar-refractivity contribution in [3.63, 3.8) is 0 Å². The summed E-state index contributed by atoms with van der Waals surface area (Å²) in [5, 5.41) is 10.3. The van der Waals surface area contributed by atoms with Gasteiger partial charge < -0.3 is 14.3 Å². The summed E-state index contributed by atoms with van der Waals surface area (Å²) in [7, 11) is -0.0710. The molecule has 1 aromatic rings. The SMILES string of the molecule is COc1ccc(C(=O)CC[C@H](O)CCCCO[Si](C)(C)C(C)(C)C)cc1. The summed E-state index contributed by atoms with van der Waals surface area (Å²) in [6.45, 7) is 12.0. The number of methoxy groups -OCH3 is 1. The van der Waals surface area contributed by atoms with E-state index in [2.05, 4.69) is 33.9 Å². The van der Waals surface area contributed by atoms with Crippen molar-refractivity contribution in [3.05, 3.63) is 29.8 Å². The molecule has 1 atom stereocenters. The molecule has 0 radical (unpaired) electrons.